The Hall–Kier alpha value is -1.30. The third kappa shape index (κ3) is 6.37. The number of nitrogens with zero attached hydrogens (tertiary/aromatic N) is 2. The molecule has 2 aliphatic rings. The van der Waals surface area contributed by atoms with Crippen molar-refractivity contribution in [3.63, 3.8) is 0 Å². The number of nitrogens with one attached hydrogen (secondary N) is 1. The zero-order valence-electron chi connectivity index (χ0n) is 14.8. The van der Waals surface area contributed by atoms with Gasteiger partial charge in [-0.15, -0.1) is 0 Å². The van der Waals surface area contributed by atoms with Crippen LogP contribution in [0.2, 0.25) is 0 Å². The van der Waals surface area contributed by atoms with Crippen molar-refractivity contribution in [2.75, 3.05) is 32.7 Å². The van der Waals surface area contributed by atoms with Crippen LogP contribution >= 0.6 is 0 Å². The first-order valence-electron chi connectivity index (χ1n) is 8.83. The highest BCUT2D eigenvalue weighted by Crippen LogP contribution is 2.17. The standard InChI is InChI=1S/C17H31N3O3/c1-17(2,3)23-16(22)20-11-9-19(10-12-20)13-15(21)18-14-7-5-4-6-8-14/h14H,4-13H2,1-3H3,(H,18,21). The van der Waals surface area contributed by atoms with E-state index in [9.17, 15) is 9.59 Å². The highest BCUT2D eigenvalue weighted by atomic mass is 16.6. The normalized spacial score (nSPS) is 21.1. The summed E-state index contributed by atoms with van der Waals surface area (Å²) >= 11 is 0. The summed E-state index contributed by atoms with van der Waals surface area (Å²) < 4.78 is 5.38. The predicted octanol–water partition coefficient (Wildman–Crippen LogP) is 1.99. The number of rotatable bonds is 3. The van der Waals surface area contributed by atoms with Crippen LogP contribution in [0, 0.1) is 0 Å². The Morgan fingerprint density at radius 3 is 2.22 bits per heavy atom. The minimum absolute atomic E-state index is 0.114. The average molecular weight is 325 g/mol. The predicted molar refractivity (Wildman–Crippen MR) is 89.3 cm³/mol. The van der Waals surface area contributed by atoms with Crippen LogP contribution in [-0.4, -0.2) is 66.2 Å². The van der Waals surface area contributed by atoms with Crippen LogP contribution < -0.4 is 5.32 Å². The molecule has 1 heterocycles. The molecule has 1 saturated carbocycles. The van der Waals surface area contributed by atoms with Gasteiger partial charge in [0.15, 0.2) is 0 Å². The zero-order valence-corrected chi connectivity index (χ0v) is 14.8. The summed E-state index contributed by atoms with van der Waals surface area (Å²) in [6.45, 7) is 8.72. The third-order valence-electron chi connectivity index (χ3n) is 4.36. The van der Waals surface area contributed by atoms with Gasteiger partial charge in [-0.1, -0.05) is 19.3 Å². The molecule has 0 radical (unpaired) electrons. The van der Waals surface area contributed by atoms with Gasteiger partial charge in [0.2, 0.25) is 5.91 Å². The van der Waals surface area contributed by atoms with Crippen LogP contribution in [-0.2, 0) is 9.53 Å². The van der Waals surface area contributed by atoms with Crippen molar-refractivity contribution in [2.45, 2.75) is 64.5 Å². The SMILES string of the molecule is CC(C)(C)OC(=O)N1CCN(CC(=O)NC2CCCCC2)CC1. The fraction of sp³-hybridized carbons (Fsp3) is 0.882. The lowest BCUT2D eigenvalue weighted by Gasteiger charge is -2.35. The summed E-state index contributed by atoms with van der Waals surface area (Å²) in [7, 11) is 0. The minimum atomic E-state index is -0.464. The van der Waals surface area contributed by atoms with Crippen LogP contribution in [0.15, 0.2) is 0 Å². The number of hydrogen-bond acceptors (Lipinski definition) is 4. The van der Waals surface area contributed by atoms with Crippen molar-refractivity contribution in [3.05, 3.63) is 0 Å². The second-order valence-electron chi connectivity index (χ2n) is 7.65. The summed E-state index contributed by atoms with van der Waals surface area (Å²) in [5, 5.41) is 3.15. The lowest BCUT2D eigenvalue weighted by Crippen LogP contribution is -2.52. The van der Waals surface area contributed by atoms with E-state index < -0.39 is 5.60 Å². The highest BCUT2D eigenvalue weighted by molar-refractivity contribution is 5.78. The smallest absolute Gasteiger partial charge is 0.410 e. The monoisotopic (exact) mass is 325 g/mol. The van der Waals surface area contributed by atoms with Crippen LogP contribution in [0.4, 0.5) is 4.79 Å². The first-order chi connectivity index (χ1) is 10.8. The molecule has 0 aromatic heterocycles. The molecule has 2 fully saturated rings. The van der Waals surface area contributed by atoms with Crippen LogP contribution in [0.5, 0.6) is 0 Å². The molecule has 0 spiro atoms. The minimum Gasteiger partial charge on any atom is -0.444 e. The summed E-state index contributed by atoms with van der Waals surface area (Å²) in [6, 6.07) is 0.360. The van der Waals surface area contributed by atoms with Gasteiger partial charge in [-0.05, 0) is 33.6 Å². The molecular weight excluding hydrogens is 294 g/mol. The number of ether oxygens (including phenoxy) is 1. The molecule has 0 aromatic carbocycles. The molecule has 1 aliphatic heterocycles. The average Bonchev–Trinajstić information content (AvgIpc) is 2.47. The van der Waals surface area contributed by atoms with Crippen LogP contribution in [0.1, 0.15) is 52.9 Å². The Labute approximate surface area is 139 Å². The molecule has 132 valence electrons. The second kappa shape index (κ2) is 7.99. The van der Waals surface area contributed by atoms with Crippen molar-refractivity contribution in [1.82, 2.24) is 15.1 Å². The van der Waals surface area contributed by atoms with Gasteiger partial charge in [0.1, 0.15) is 5.60 Å². The Bertz CT molecular complexity index is 406. The van der Waals surface area contributed by atoms with Gasteiger partial charge < -0.3 is 15.0 Å². The van der Waals surface area contributed by atoms with E-state index in [4.69, 9.17) is 4.74 Å². The molecule has 0 bridgehead atoms. The first kappa shape index (κ1) is 18.0. The zero-order chi connectivity index (χ0) is 16.9. The van der Waals surface area contributed by atoms with Crippen LogP contribution in [0.25, 0.3) is 0 Å². The topological polar surface area (TPSA) is 61.9 Å². The second-order valence-corrected chi connectivity index (χ2v) is 7.65. The van der Waals surface area contributed by atoms with E-state index in [0.29, 0.717) is 25.7 Å². The number of piperazine rings is 1. The maximum absolute atomic E-state index is 12.1. The van der Waals surface area contributed by atoms with Crippen molar-refractivity contribution in [2.24, 2.45) is 0 Å². The lowest BCUT2D eigenvalue weighted by atomic mass is 9.95. The molecule has 2 rings (SSSR count). The Morgan fingerprint density at radius 1 is 1.04 bits per heavy atom. The van der Waals surface area contributed by atoms with E-state index in [1.54, 1.807) is 4.90 Å². The van der Waals surface area contributed by atoms with E-state index >= 15 is 0 Å². The molecule has 6 heteroatoms. The molecule has 0 unspecified atom stereocenters. The number of amides is 2. The largest absolute Gasteiger partial charge is 0.444 e. The van der Waals surface area contributed by atoms with Gasteiger partial charge in [0.25, 0.3) is 0 Å². The third-order valence-corrected chi connectivity index (χ3v) is 4.36. The van der Waals surface area contributed by atoms with Gasteiger partial charge in [0.05, 0.1) is 6.54 Å². The fourth-order valence-electron chi connectivity index (χ4n) is 3.14. The van der Waals surface area contributed by atoms with Gasteiger partial charge >= 0.3 is 6.09 Å². The summed E-state index contributed by atoms with van der Waals surface area (Å²) in [4.78, 5) is 28.0. The fourth-order valence-corrected chi connectivity index (χ4v) is 3.14. The molecule has 0 aromatic rings. The summed E-state index contributed by atoms with van der Waals surface area (Å²) in [5.41, 5.74) is -0.464. The molecule has 1 saturated heterocycles. The van der Waals surface area contributed by atoms with Gasteiger partial charge in [-0.3, -0.25) is 9.69 Å². The van der Waals surface area contributed by atoms with E-state index in [0.717, 1.165) is 25.9 Å². The number of carbonyl (C=O) groups excluding carboxylic acids is 2. The first-order valence-corrected chi connectivity index (χ1v) is 8.83. The maximum atomic E-state index is 12.1. The van der Waals surface area contributed by atoms with Gasteiger partial charge in [0, 0.05) is 32.2 Å². The quantitative estimate of drug-likeness (QED) is 0.862. The lowest BCUT2D eigenvalue weighted by molar-refractivity contribution is -0.123. The van der Waals surface area contributed by atoms with E-state index in [1.165, 1.54) is 19.3 Å². The van der Waals surface area contributed by atoms with E-state index in [1.807, 2.05) is 20.8 Å². The maximum Gasteiger partial charge on any atom is 0.410 e. The molecule has 1 aliphatic carbocycles. The van der Waals surface area contributed by atoms with Crippen molar-refractivity contribution < 1.29 is 14.3 Å². The van der Waals surface area contributed by atoms with Crippen molar-refractivity contribution in [1.29, 1.82) is 0 Å². The Morgan fingerprint density at radius 2 is 1.65 bits per heavy atom. The summed E-state index contributed by atoms with van der Waals surface area (Å²) in [6.07, 6.45) is 5.69. The van der Waals surface area contributed by atoms with Gasteiger partial charge in [-0.2, -0.15) is 0 Å². The molecule has 23 heavy (non-hydrogen) atoms. The van der Waals surface area contributed by atoms with Crippen molar-refractivity contribution in [3.8, 4) is 0 Å². The summed E-state index contributed by atoms with van der Waals surface area (Å²) in [5.74, 6) is 0.114. The Balaban J connectivity index is 1.67. The van der Waals surface area contributed by atoms with Gasteiger partial charge in [-0.25, -0.2) is 4.79 Å². The number of hydrogen-bond donors (Lipinski definition) is 1. The van der Waals surface area contributed by atoms with Crippen molar-refractivity contribution >= 4 is 12.0 Å². The Kier molecular flexibility index (Phi) is 6.27. The molecule has 0 atom stereocenters. The highest BCUT2D eigenvalue weighted by Gasteiger charge is 2.26. The molecular formula is C17H31N3O3. The molecule has 6 nitrogen and oxygen atoms in total. The number of carbonyl (C=O) groups is 2. The van der Waals surface area contributed by atoms with E-state index in [-0.39, 0.29) is 12.0 Å². The van der Waals surface area contributed by atoms with E-state index in [2.05, 4.69) is 10.2 Å². The molecule has 2 amide bonds. The molecule has 1 N–H and O–H groups in total. The van der Waals surface area contributed by atoms with Crippen LogP contribution in [0.3, 0.4) is 0 Å².